The van der Waals surface area contributed by atoms with Gasteiger partial charge in [0.15, 0.2) is 0 Å². The summed E-state index contributed by atoms with van der Waals surface area (Å²) in [5, 5.41) is 0. The van der Waals surface area contributed by atoms with Crippen LogP contribution in [0.1, 0.15) is 28.3 Å². The van der Waals surface area contributed by atoms with Crippen LogP contribution in [0, 0.1) is 11.6 Å². The molecule has 1 heterocycles. The number of nitrogens with zero attached hydrogens (tertiary/aromatic N) is 1. The van der Waals surface area contributed by atoms with E-state index in [1.54, 1.807) is 4.90 Å². The molecule has 1 aliphatic heterocycles. The van der Waals surface area contributed by atoms with Crippen LogP contribution in [0.5, 0.6) is 0 Å². The van der Waals surface area contributed by atoms with Gasteiger partial charge in [0.05, 0.1) is 0 Å². The number of carbonyl (C=O) groups is 1. The summed E-state index contributed by atoms with van der Waals surface area (Å²) >= 11 is 0. The Balaban J connectivity index is 1.85. The molecule has 0 spiro atoms. The predicted octanol–water partition coefficient (Wildman–Crippen LogP) is 3.77. The third-order valence-electron chi connectivity index (χ3n) is 3.95. The van der Waals surface area contributed by atoms with Crippen LogP contribution in [0.2, 0.25) is 0 Å². The zero-order valence-corrected chi connectivity index (χ0v) is 11.4. The summed E-state index contributed by atoms with van der Waals surface area (Å²) in [5.74, 6) is -1.08. The molecule has 3 rings (SSSR count). The Labute approximate surface area is 122 Å². The molecule has 1 saturated heterocycles. The molecule has 4 heteroatoms. The molecule has 1 fully saturated rings. The minimum absolute atomic E-state index is 0.0209. The first-order valence-electron chi connectivity index (χ1n) is 6.93. The number of halogens is 2. The van der Waals surface area contributed by atoms with Crippen LogP contribution < -0.4 is 4.90 Å². The molecule has 0 N–H and O–H groups in total. The molecule has 0 radical (unpaired) electrons. The van der Waals surface area contributed by atoms with Crippen molar-refractivity contribution in [2.24, 2.45) is 0 Å². The fraction of sp³-hybridized carbons (Fsp3) is 0.235. The summed E-state index contributed by atoms with van der Waals surface area (Å²) in [6.07, 6.45) is 1.31. The molecule has 1 unspecified atom stereocenters. The van der Waals surface area contributed by atoms with Gasteiger partial charge in [-0.3, -0.25) is 4.79 Å². The molecule has 2 aromatic carbocycles. The Hall–Kier alpha value is -2.23. The molecular formula is C17H15F2NO. The highest BCUT2D eigenvalue weighted by Gasteiger charge is 2.27. The minimum Gasteiger partial charge on any atom is -0.366 e. The largest absolute Gasteiger partial charge is 0.366 e. The van der Waals surface area contributed by atoms with Crippen LogP contribution in [0.4, 0.5) is 14.5 Å². The SMILES string of the molecule is O=Cc1cc(F)c(N2CCC(c3ccccc3)C2)c(F)c1. The quantitative estimate of drug-likeness (QED) is 0.801. The van der Waals surface area contributed by atoms with Crippen LogP contribution >= 0.6 is 0 Å². The third kappa shape index (κ3) is 2.66. The zero-order chi connectivity index (χ0) is 14.8. The van der Waals surface area contributed by atoms with Gasteiger partial charge in [-0.25, -0.2) is 8.78 Å². The van der Waals surface area contributed by atoms with Gasteiger partial charge in [0.25, 0.3) is 0 Å². The van der Waals surface area contributed by atoms with Crippen molar-refractivity contribution in [3.05, 3.63) is 65.2 Å². The van der Waals surface area contributed by atoms with Crippen molar-refractivity contribution < 1.29 is 13.6 Å². The lowest BCUT2D eigenvalue weighted by molar-refractivity contribution is 0.112. The summed E-state index contributed by atoms with van der Waals surface area (Å²) in [4.78, 5) is 12.4. The number of benzene rings is 2. The van der Waals surface area contributed by atoms with Crippen molar-refractivity contribution in [3.8, 4) is 0 Å². The summed E-state index contributed by atoms with van der Waals surface area (Å²) in [7, 11) is 0. The van der Waals surface area contributed by atoms with Crippen molar-refractivity contribution in [2.75, 3.05) is 18.0 Å². The molecule has 0 amide bonds. The maximum absolute atomic E-state index is 14.0. The molecular weight excluding hydrogens is 272 g/mol. The van der Waals surface area contributed by atoms with Gasteiger partial charge < -0.3 is 4.90 Å². The highest BCUT2D eigenvalue weighted by Crippen LogP contribution is 2.33. The monoisotopic (exact) mass is 287 g/mol. The van der Waals surface area contributed by atoms with E-state index in [9.17, 15) is 13.6 Å². The lowest BCUT2D eigenvalue weighted by Gasteiger charge is -2.20. The lowest BCUT2D eigenvalue weighted by Crippen LogP contribution is -2.22. The van der Waals surface area contributed by atoms with Gasteiger partial charge in [-0.15, -0.1) is 0 Å². The van der Waals surface area contributed by atoms with E-state index in [1.807, 2.05) is 30.3 Å². The highest BCUT2D eigenvalue weighted by molar-refractivity contribution is 5.76. The van der Waals surface area contributed by atoms with E-state index in [-0.39, 0.29) is 17.2 Å². The average Bonchev–Trinajstić information content (AvgIpc) is 2.97. The standard InChI is InChI=1S/C17H15F2NO/c18-15-8-12(11-21)9-16(19)17(15)20-7-6-14(10-20)13-4-2-1-3-5-13/h1-5,8-9,11,14H,6-7,10H2. The van der Waals surface area contributed by atoms with Crippen molar-refractivity contribution in [3.63, 3.8) is 0 Å². The number of carbonyl (C=O) groups excluding carboxylic acids is 1. The Morgan fingerprint density at radius 1 is 1.10 bits per heavy atom. The maximum Gasteiger partial charge on any atom is 0.150 e. The number of rotatable bonds is 3. The normalized spacial score (nSPS) is 18.0. The number of anilines is 1. The molecule has 21 heavy (non-hydrogen) atoms. The number of aldehydes is 1. The molecule has 0 bridgehead atoms. The van der Waals surface area contributed by atoms with Crippen LogP contribution in [0.15, 0.2) is 42.5 Å². The van der Waals surface area contributed by atoms with E-state index in [1.165, 1.54) is 5.56 Å². The first-order valence-corrected chi connectivity index (χ1v) is 6.93. The van der Waals surface area contributed by atoms with Gasteiger partial charge in [-0.1, -0.05) is 30.3 Å². The molecule has 0 aliphatic carbocycles. The molecule has 2 aromatic rings. The summed E-state index contributed by atoms with van der Waals surface area (Å²) < 4.78 is 28.1. The van der Waals surface area contributed by atoms with Gasteiger partial charge in [0.2, 0.25) is 0 Å². The van der Waals surface area contributed by atoms with Crippen molar-refractivity contribution >= 4 is 12.0 Å². The summed E-state index contributed by atoms with van der Waals surface area (Å²) in [6, 6.07) is 12.1. The second-order valence-electron chi connectivity index (χ2n) is 5.29. The first-order chi connectivity index (χ1) is 10.2. The van der Waals surface area contributed by atoms with E-state index in [4.69, 9.17) is 0 Å². The maximum atomic E-state index is 14.0. The second kappa shape index (κ2) is 5.64. The average molecular weight is 287 g/mol. The molecule has 2 nitrogen and oxygen atoms in total. The Bertz CT molecular complexity index is 634. The van der Waals surface area contributed by atoms with Gasteiger partial charge in [-0.05, 0) is 24.1 Å². The van der Waals surface area contributed by atoms with Crippen LogP contribution in [-0.4, -0.2) is 19.4 Å². The Morgan fingerprint density at radius 2 is 1.76 bits per heavy atom. The van der Waals surface area contributed by atoms with Gasteiger partial charge >= 0.3 is 0 Å². The smallest absolute Gasteiger partial charge is 0.150 e. The molecule has 1 aliphatic rings. The topological polar surface area (TPSA) is 20.3 Å². The molecule has 1 atom stereocenters. The van der Waals surface area contributed by atoms with Gasteiger partial charge in [0.1, 0.15) is 23.6 Å². The Kier molecular flexibility index (Phi) is 3.69. The summed E-state index contributed by atoms with van der Waals surface area (Å²) in [6.45, 7) is 1.19. The minimum atomic E-state index is -0.675. The fourth-order valence-electron chi connectivity index (χ4n) is 2.92. The molecule has 0 saturated carbocycles. The highest BCUT2D eigenvalue weighted by atomic mass is 19.1. The predicted molar refractivity (Wildman–Crippen MR) is 77.8 cm³/mol. The first kappa shape index (κ1) is 13.7. The van der Waals surface area contributed by atoms with Crippen molar-refractivity contribution in [1.29, 1.82) is 0 Å². The molecule has 108 valence electrons. The second-order valence-corrected chi connectivity index (χ2v) is 5.29. The van der Waals surface area contributed by atoms with Crippen molar-refractivity contribution in [1.82, 2.24) is 0 Å². The van der Waals surface area contributed by atoms with Crippen LogP contribution in [0.25, 0.3) is 0 Å². The van der Waals surface area contributed by atoms with E-state index in [0.717, 1.165) is 18.6 Å². The number of hydrogen-bond acceptors (Lipinski definition) is 2. The van der Waals surface area contributed by atoms with Crippen molar-refractivity contribution in [2.45, 2.75) is 12.3 Å². The van der Waals surface area contributed by atoms with E-state index >= 15 is 0 Å². The third-order valence-corrected chi connectivity index (χ3v) is 3.95. The van der Waals surface area contributed by atoms with E-state index in [2.05, 4.69) is 0 Å². The van der Waals surface area contributed by atoms with Gasteiger partial charge in [0, 0.05) is 24.6 Å². The van der Waals surface area contributed by atoms with E-state index in [0.29, 0.717) is 19.4 Å². The summed E-state index contributed by atoms with van der Waals surface area (Å²) in [5.41, 5.74) is 1.18. The van der Waals surface area contributed by atoms with Crippen LogP contribution in [-0.2, 0) is 0 Å². The Morgan fingerprint density at radius 3 is 2.38 bits per heavy atom. The van der Waals surface area contributed by atoms with E-state index < -0.39 is 11.6 Å². The fourth-order valence-corrected chi connectivity index (χ4v) is 2.92. The zero-order valence-electron chi connectivity index (χ0n) is 11.4. The number of hydrogen-bond donors (Lipinski definition) is 0. The molecule has 0 aromatic heterocycles. The lowest BCUT2D eigenvalue weighted by atomic mass is 9.99. The van der Waals surface area contributed by atoms with Crippen LogP contribution in [0.3, 0.4) is 0 Å². The van der Waals surface area contributed by atoms with Gasteiger partial charge in [-0.2, -0.15) is 0 Å².